The largest absolute Gasteiger partial charge is 0.416 e. The Kier molecular flexibility index (Phi) is 2.30. The molecule has 1 nitrogen and oxygen atoms in total. The van der Waals surface area contributed by atoms with E-state index in [2.05, 4.69) is 0 Å². The van der Waals surface area contributed by atoms with Crippen molar-refractivity contribution in [3.8, 4) is 0 Å². The Hall–Kier alpha value is -0.460. The third-order valence-corrected chi connectivity index (χ3v) is 0.488. The smallest absolute Gasteiger partial charge is 0.202 e. The molecule has 0 spiro atoms. The van der Waals surface area contributed by atoms with Gasteiger partial charge in [0, 0.05) is 0 Å². The van der Waals surface area contributed by atoms with Gasteiger partial charge in [0.05, 0.1) is 5.34 Å². The molecule has 0 aliphatic carbocycles. The summed E-state index contributed by atoms with van der Waals surface area (Å²) in [4.78, 5) is 0. The van der Waals surface area contributed by atoms with E-state index in [-0.39, 0.29) is 0 Å². The second-order valence-electron chi connectivity index (χ2n) is 1.12. The van der Waals surface area contributed by atoms with Gasteiger partial charge in [0.15, 0.2) is 0 Å². The van der Waals surface area contributed by atoms with E-state index in [0.717, 1.165) is 0 Å². The van der Waals surface area contributed by atoms with Crippen molar-refractivity contribution in [2.75, 3.05) is 0 Å². The van der Waals surface area contributed by atoms with Crippen molar-refractivity contribution in [2.24, 2.45) is 0 Å². The van der Waals surface area contributed by atoms with Crippen LogP contribution in [-0.2, 0) is 0 Å². The van der Waals surface area contributed by atoms with E-state index in [4.69, 9.17) is 0 Å². The summed E-state index contributed by atoms with van der Waals surface area (Å²) in [6.07, 6.45) is -4.37. The van der Waals surface area contributed by atoms with Gasteiger partial charge in [-0.2, -0.15) is 8.78 Å². The van der Waals surface area contributed by atoms with Gasteiger partial charge in [-0.3, -0.25) is 0 Å². The topological polar surface area (TPSA) is 3.24 Å². The van der Waals surface area contributed by atoms with Crippen LogP contribution in [0.15, 0.2) is 0 Å². The molecular formula is C2HF6N. The van der Waals surface area contributed by atoms with Crippen LogP contribution in [-0.4, -0.2) is 17.8 Å². The van der Waals surface area contributed by atoms with Crippen LogP contribution in [0.3, 0.4) is 0 Å². The first-order valence-electron chi connectivity index (χ1n) is 1.66. The maximum absolute atomic E-state index is 11.1. The van der Waals surface area contributed by atoms with Crippen LogP contribution in [0.25, 0.3) is 0 Å². The molecule has 7 heteroatoms. The van der Waals surface area contributed by atoms with E-state index in [1.807, 2.05) is 0 Å². The van der Waals surface area contributed by atoms with Crippen molar-refractivity contribution < 1.29 is 26.5 Å². The van der Waals surface area contributed by atoms with Crippen LogP contribution < -0.4 is 0 Å². The first kappa shape index (κ1) is 8.54. The van der Waals surface area contributed by atoms with Crippen molar-refractivity contribution in [2.45, 2.75) is 12.5 Å². The van der Waals surface area contributed by atoms with Gasteiger partial charge >= 0.3 is 12.5 Å². The van der Waals surface area contributed by atoms with Crippen LogP contribution >= 0.6 is 0 Å². The number of alkyl halides is 4. The van der Waals surface area contributed by atoms with E-state index in [1.165, 1.54) is 0 Å². The third-order valence-electron chi connectivity index (χ3n) is 0.488. The molecule has 0 unspecified atom stereocenters. The lowest BCUT2D eigenvalue weighted by Crippen LogP contribution is -2.37. The standard InChI is InChI=1S/C2HF6N/c3-1(4)2(5,6)9(7)8/h1H. The minimum absolute atomic E-state index is 2.82. The van der Waals surface area contributed by atoms with Gasteiger partial charge in [-0.05, 0) is 0 Å². The van der Waals surface area contributed by atoms with Crippen molar-refractivity contribution in [1.82, 2.24) is 5.34 Å². The second kappa shape index (κ2) is 2.42. The molecule has 0 aromatic heterocycles. The second-order valence-corrected chi connectivity index (χ2v) is 1.12. The van der Waals surface area contributed by atoms with Crippen molar-refractivity contribution >= 4 is 0 Å². The predicted octanol–water partition coefficient (Wildman–Crippen LogP) is 1.92. The highest BCUT2D eigenvalue weighted by atomic mass is 19.4. The Bertz CT molecular complexity index is 79.1. The predicted molar refractivity (Wildman–Crippen MR) is 15.0 cm³/mol. The number of nitrogens with zero attached hydrogens (tertiary/aromatic N) is 1. The van der Waals surface area contributed by atoms with Crippen LogP contribution in [0.2, 0.25) is 0 Å². The van der Waals surface area contributed by atoms with Gasteiger partial charge in [-0.25, -0.2) is 8.78 Å². The Morgan fingerprint density at radius 3 is 1.44 bits per heavy atom. The highest BCUT2D eigenvalue weighted by molar-refractivity contribution is 4.57. The molecule has 0 saturated heterocycles. The summed E-state index contributed by atoms with van der Waals surface area (Å²) in [6.45, 7) is 0. The Balaban J connectivity index is 4.01. The summed E-state index contributed by atoms with van der Waals surface area (Å²) in [5.74, 6) is 0. The summed E-state index contributed by atoms with van der Waals surface area (Å²) < 4.78 is 65.1. The summed E-state index contributed by atoms with van der Waals surface area (Å²) in [5.41, 5.74) is 0. The minimum atomic E-state index is -5.33. The molecule has 0 fully saturated rings. The molecule has 0 rings (SSSR count). The SMILES string of the molecule is FC(F)C(F)(F)N(F)F. The zero-order valence-corrected chi connectivity index (χ0v) is 3.79. The van der Waals surface area contributed by atoms with Crippen molar-refractivity contribution in [3.05, 3.63) is 0 Å². The molecule has 0 aromatic rings. The molecule has 0 N–H and O–H groups in total. The molecular weight excluding hydrogens is 152 g/mol. The van der Waals surface area contributed by atoms with Gasteiger partial charge in [0.25, 0.3) is 0 Å². The lowest BCUT2D eigenvalue weighted by atomic mass is 10.6. The lowest BCUT2D eigenvalue weighted by Gasteiger charge is -2.13. The fraction of sp³-hybridized carbons (Fsp3) is 1.00. The van der Waals surface area contributed by atoms with E-state index in [1.54, 1.807) is 0 Å². The highest BCUT2D eigenvalue weighted by Crippen LogP contribution is 2.27. The quantitative estimate of drug-likeness (QED) is 0.332. The van der Waals surface area contributed by atoms with Gasteiger partial charge in [-0.15, -0.1) is 0 Å². The molecule has 9 heavy (non-hydrogen) atoms. The molecule has 0 atom stereocenters. The number of hydrogen-bond donors (Lipinski definition) is 0. The number of hydrogen-bond acceptors (Lipinski definition) is 1. The molecule has 0 heterocycles. The highest BCUT2D eigenvalue weighted by Gasteiger charge is 2.49. The number of halogens is 6. The van der Waals surface area contributed by atoms with Gasteiger partial charge in [0.2, 0.25) is 0 Å². The summed E-state index contributed by atoms with van der Waals surface area (Å²) in [7, 11) is 0. The monoisotopic (exact) mass is 153 g/mol. The van der Waals surface area contributed by atoms with Crippen LogP contribution in [0, 0.1) is 0 Å². The molecule has 0 radical (unpaired) electrons. The molecule has 0 aliphatic rings. The Labute approximate surface area is 45.7 Å². The fourth-order valence-electron chi connectivity index (χ4n) is 0.0738. The number of rotatable bonds is 2. The Morgan fingerprint density at radius 2 is 1.44 bits per heavy atom. The molecule has 0 aromatic carbocycles. The maximum atomic E-state index is 11.1. The van der Waals surface area contributed by atoms with Crippen LogP contribution in [0.5, 0.6) is 0 Å². The first-order chi connectivity index (χ1) is 3.89. The average molecular weight is 153 g/mol. The van der Waals surface area contributed by atoms with E-state index >= 15 is 0 Å². The molecule has 56 valence electrons. The van der Waals surface area contributed by atoms with E-state index in [0.29, 0.717) is 0 Å². The lowest BCUT2D eigenvalue weighted by molar-refractivity contribution is -0.368. The zero-order valence-electron chi connectivity index (χ0n) is 3.79. The van der Waals surface area contributed by atoms with Gasteiger partial charge in [0.1, 0.15) is 0 Å². The van der Waals surface area contributed by atoms with Crippen LogP contribution in [0.4, 0.5) is 26.5 Å². The first-order valence-corrected chi connectivity index (χ1v) is 1.66. The molecule has 0 saturated carbocycles. The van der Waals surface area contributed by atoms with Crippen molar-refractivity contribution in [1.29, 1.82) is 0 Å². The average Bonchev–Trinajstić information content (AvgIpc) is 1.65. The van der Waals surface area contributed by atoms with Crippen molar-refractivity contribution in [3.63, 3.8) is 0 Å². The maximum Gasteiger partial charge on any atom is 0.416 e. The summed E-state index contributed by atoms with van der Waals surface area (Å²) in [6, 6.07) is -5.33. The van der Waals surface area contributed by atoms with E-state index < -0.39 is 17.8 Å². The van der Waals surface area contributed by atoms with Gasteiger partial charge in [-0.1, -0.05) is 8.96 Å². The zero-order chi connectivity index (χ0) is 7.65. The summed E-state index contributed by atoms with van der Waals surface area (Å²) >= 11 is 0. The third kappa shape index (κ3) is 1.74. The normalized spacial score (nSPS) is 13.3. The van der Waals surface area contributed by atoms with E-state index in [9.17, 15) is 26.5 Å². The minimum Gasteiger partial charge on any atom is -0.202 e. The summed E-state index contributed by atoms with van der Waals surface area (Å²) in [5, 5.41) is -2.82. The van der Waals surface area contributed by atoms with Crippen LogP contribution in [0.1, 0.15) is 0 Å². The molecule has 0 bridgehead atoms. The van der Waals surface area contributed by atoms with Gasteiger partial charge < -0.3 is 0 Å². The molecule has 0 amide bonds. The Morgan fingerprint density at radius 1 is 1.11 bits per heavy atom. The molecule has 0 aliphatic heterocycles. The fourth-order valence-corrected chi connectivity index (χ4v) is 0.0738.